The first kappa shape index (κ1) is 18.7. The van der Waals surface area contributed by atoms with E-state index in [1.54, 1.807) is 35.8 Å². The van der Waals surface area contributed by atoms with Gasteiger partial charge in [-0.2, -0.15) is 0 Å². The van der Waals surface area contributed by atoms with Crippen molar-refractivity contribution in [3.05, 3.63) is 52.5 Å². The minimum Gasteiger partial charge on any atom is -0.504 e. The lowest BCUT2D eigenvalue weighted by atomic mass is 10.0. The Morgan fingerprint density at radius 3 is 2.92 bits per heavy atom. The first-order valence-electron chi connectivity index (χ1n) is 8.27. The molecule has 0 saturated heterocycles. The van der Waals surface area contributed by atoms with Gasteiger partial charge in [0, 0.05) is 29.3 Å². The van der Waals surface area contributed by atoms with Gasteiger partial charge in [-0.3, -0.25) is 0 Å². The molecule has 5 nitrogen and oxygen atoms in total. The summed E-state index contributed by atoms with van der Waals surface area (Å²) in [6.07, 6.45) is 0.862. The Bertz CT molecular complexity index is 815. The number of aromatic hydroxyl groups is 1. The Kier molecular flexibility index (Phi) is 5.84. The molecule has 1 atom stereocenters. The summed E-state index contributed by atoms with van der Waals surface area (Å²) in [5.74, 6) is 1.43. The molecular weight excluding hydrogens is 372 g/mol. The van der Waals surface area contributed by atoms with Gasteiger partial charge < -0.3 is 20.1 Å². The van der Waals surface area contributed by atoms with Crippen molar-refractivity contribution in [2.75, 3.05) is 19.9 Å². The lowest BCUT2D eigenvalue weighted by Gasteiger charge is -2.28. The topological polar surface area (TPSA) is 61.8 Å². The van der Waals surface area contributed by atoms with Crippen LogP contribution in [0.1, 0.15) is 23.6 Å². The predicted octanol–water partition coefficient (Wildman–Crippen LogP) is 4.43. The lowest BCUT2D eigenvalue weighted by Crippen LogP contribution is -2.39. The number of benzene rings is 2. The van der Waals surface area contributed by atoms with Crippen molar-refractivity contribution in [2.45, 2.75) is 23.9 Å². The highest BCUT2D eigenvalue weighted by molar-refractivity contribution is 7.99. The number of rotatable bonds is 4. The van der Waals surface area contributed by atoms with Crippen LogP contribution < -0.4 is 10.1 Å². The fraction of sp³-hybridized carbons (Fsp3) is 0.316. The lowest BCUT2D eigenvalue weighted by molar-refractivity contribution is 0.202. The van der Waals surface area contributed by atoms with Crippen LogP contribution in [0.4, 0.5) is 4.79 Å². The number of urea groups is 1. The van der Waals surface area contributed by atoms with Crippen LogP contribution in [0.5, 0.6) is 11.5 Å². The highest BCUT2D eigenvalue weighted by Gasteiger charge is 2.24. The number of halogens is 1. The van der Waals surface area contributed by atoms with Gasteiger partial charge in [0.05, 0.1) is 13.2 Å². The zero-order chi connectivity index (χ0) is 18.7. The highest BCUT2D eigenvalue weighted by atomic mass is 35.5. The van der Waals surface area contributed by atoms with Gasteiger partial charge in [0.2, 0.25) is 0 Å². The molecule has 1 unspecified atom stereocenters. The molecule has 1 aliphatic rings. The zero-order valence-corrected chi connectivity index (χ0v) is 16.2. The van der Waals surface area contributed by atoms with E-state index in [4.69, 9.17) is 16.3 Å². The number of carbonyl (C=O) groups excluding carboxylic acids is 1. The molecule has 0 spiro atoms. The smallest absolute Gasteiger partial charge is 0.317 e. The molecule has 0 saturated carbocycles. The van der Waals surface area contributed by atoms with Crippen molar-refractivity contribution in [1.29, 1.82) is 0 Å². The van der Waals surface area contributed by atoms with Gasteiger partial charge in [-0.1, -0.05) is 17.7 Å². The van der Waals surface area contributed by atoms with Crippen LogP contribution in [0.15, 0.2) is 41.3 Å². The normalized spacial score (nSPS) is 15.9. The molecule has 1 aliphatic heterocycles. The van der Waals surface area contributed by atoms with Gasteiger partial charge in [-0.05, 0) is 47.9 Å². The van der Waals surface area contributed by atoms with E-state index < -0.39 is 0 Å². The second-order valence-corrected chi connectivity index (χ2v) is 7.76. The van der Waals surface area contributed by atoms with E-state index in [-0.39, 0.29) is 17.8 Å². The summed E-state index contributed by atoms with van der Waals surface area (Å²) >= 11 is 7.90. The Labute approximate surface area is 162 Å². The highest BCUT2D eigenvalue weighted by Crippen LogP contribution is 2.37. The Morgan fingerprint density at radius 2 is 2.19 bits per heavy atom. The molecule has 26 heavy (non-hydrogen) atoms. The molecule has 0 fully saturated rings. The van der Waals surface area contributed by atoms with E-state index in [1.807, 2.05) is 24.3 Å². The number of hydrogen-bond donors (Lipinski definition) is 2. The third-order valence-electron chi connectivity index (χ3n) is 4.32. The quantitative estimate of drug-likeness (QED) is 0.807. The average molecular weight is 393 g/mol. The molecule has 2 N–H and O–H groups in total. The second kappa shape index (κ2) is 8.10. The average Bonchev–Trinajstić information content (AvgIpc) is 2.62. The first-order chi connectivity index (χ1) is 12.5. The van der Waals surface area contributed by atoms with Gasteiger partial charge in [0.25, 0.3) is 0 Å². The van der Waals surface area contributed by atoms with E-state index in [1.165, 1.54) is 7.11 Å². The maximum atomic E-state index is 12.6. The van der Waals surface area contributed by atoms with Crippen LogP contribution in [-0.4, -0.2) is 35.9 Å². The third kappa shape index (κ3) is 4.19. The summed E-state index contributed by atoms with van der Waals surface area (Å²) in [5.41, 5.74) is 1.89. The number of phenolic OH excluding ortho intramolecular Hbond substituents is 1. The van der Waals surface area contributed by atoms with Crippen molar-refractivity contribution in [3.8, 4) is 11.5 Å². The van der Waals surface area contributed by atoms with Gasteiger partial charge >= 0.3 is 6.03 Å². The van der Waals surface area contributed by atoms with Gasteiger partial charge in [-0.15, -0.1) is 11.8 Å². The number of nitrogens with zero attached hydrogens (tertiary/aromatic N) is 1. The molecular formula is C19H21ClN2O3S. The van der Waals surface area contributed by atoms with Crippen LogP contribution in [0.2, 0.25) is 5.02 Å². The van der Waals surface area contributed by atoms with Gasteiger partial charge in [-0.25, -0.2) is 4.79 Å². The summed E-state index contributed by atoms with van der Waals surface area (Å²) < 4.78 is 5.04. The largest absolute Gasteiger partial charge is 0.504 e. The van der Waals surface area contributed by atoms with E-state index in [9.17, 15) is 9.90 Å². The van der Waals surface area contributed by atoms with Gasteiger partial charge in [0.1, 0.15) is 0 Å². The molecule has 3 rings (SSSR count). The fourth-order valence-electron chi connectivity index (χ4n) is 2.95. The predicted molar refractivity (Wildman–Crippen MR) is 104 cm³/mol. The molecule has 2 amide bonds. The van der Waals surface area contributed by atoms with E-state index >= 15 is 0 Å². The molecule has 1 heterocycles. The number of nitrogens with one attached hydrogen (secondary N) is 1. The minimum atomic E-state index is -0.164. The number of thioether (sulfide) groups is 1. The molecule has 138 valence electrons. The van der Waals surface area contributed by atoms with Gasteiger partial charge in [0.15, 0.2) is 11.5 Å². The van der Waals surface area contributed by atoms with Crippen molar-refractivity contribution in [2.24, 2.45) is 0 Å². The zero-order valence-electron chi connectivity index (χ0n) is 14.7. The number of hydrogen-bond acceptors (Lipinski definition) is 4. The second-order valence-electron chi connectivity index (χ2n) is 6.18. The summed E-state index contributed by atoms with van der Waals surface area (Å²) in [4.78, 5) is 15.4. The number of phenols is 1. The molecule has 0 bridgehead atoms. The number of ether oxygens (including phenoxy) is 1. The van der Waals surface area contributed by atoms with E-state index in [0.29, 0.717) is 17.3 Å². The minimum absolute atomic E-state index is 0.0517. The molecule has 0 radical (unpaired) electrons. The third-order valence-corrected chi connectivity index (χ3v) is 5.68. The molecule has 2 aromatic carbocycles. The maximum Gasteiger partial charge on any atom is 0.317 e. The van der Waals surface area contributed by atoms with Crippen LogP contribution >= 0.6 is 23.4 Å². The fourth-order valence-corrected chi connectivity index (χ4v) is 4.24. The van der Waals surface area contributed by atoms with Crippen LogP contribution in [0.3, 0.4) is 0 Å². The van der Waals surface area contributed by atoms with Crippen LogP contribution in [-0.2, 0) is 6.54 Å². The molecule has 2 aromatic rings. The number of carbonyl (C=O) groups is 1. The molecule has 0 aliphatic carbocycles. The van der Waals surface area contributed by atoms with Crippen molar-refractivity contribution < 1.29 is 14.6 Å². The summed E-state index contributed by atoms with van der Waals surface area (Å²) in [6, 6.07) is 10.7. The van der Waals surface area contributed by atoms with Crippen LogP contribution in [0.25, 0.3) is 0 Å². The standard InChI is InChI=1S/C19H21ClN2O3S/c1-22(11-12-3-5-17(25-2)16(23)9-12)19(24)21-15-7-8-26-18-6-4-13(20)10-14(15)18/h3-6,9-10,15,23H,7-8,11H2,1-2H3,(H,21,24). The van der Waals surface area contributed by atoms with E-state index in [0.717, 1.165) is 28.2 Å². The molecule has 7 heteroatoms. The number of amides is 2. The number of fused-ring (bicyclic) bond motifs is 1. The summed E-state index contributed by atoms with van der Waals surface area (Å²) in [7, 11) is 3.23. The van der Waals surface area contributed by atoms with Crippen LogP contribution in [0, 0.1) is 0 Å². The first-order valence-corrected chi connectivity index (χ1v) is 9.64. The monoisotopic (exact) mass is 392 g/mol. The summed E-state index contributed by atoms with van der Waals surface area (Å²) in [6.45, 7) is 0.382. The van der Waals surface area contributed by atoms with Crippen molar-refractivity contribution >= 4 is 29.4 Å². The maximum absolute atomic E-state index is 12.6. The number of methoxy groups -OCH3 is 1. The molecule has 0 aromatic heterocycles. The Hall–Kier alpha value is -2.05. The SMILES string of the molecule is COc1ccc(CN(C)C(=O)NC2CCSc3ccc(Cl)cc32)cc1O. The van der Waals surface area contributed by atoms with Crippen molar-refractivity contribution in [3.63, 3.8) is 0 Å². The van der Waals surface area contributed by atoms with Crippen molar-refractivity contribution in [1.82, 2.24) is 10.2 Å². The Balaban J connectivity index is 1.67. The van der Waals surface area contributed by atoms with E-state index in [2.05, 4.69) is 5.32 Å². The summed E-state index contributed by atoms with van der Waals surface area (Å²) in [5, 5.41) is 13.6. The Morgan fingerprint density at radius 1 is 1.38 bits per heavy atom.